The molecule has 2 fully saturated rings. The largest absolute Gasteiger partial charge is 0.361 e. The van der Waals surface area contributed by atoms with E-state index in [1.165, 1.54) is 31.6 Å². The van der Waals surface area contributed by atoms with Gasteiger partial charge in [0.1, 0.15) is 5.76 Å². The van der Waals surface area contributed by atoms with E-state index < -0.39 is 0 Å². The maximum atomic E-state index is 5.28. The summed E-state index contributed by atoms with van der Waals surface area (Å²) in [5, 5.41) is 4.07. The Bertz CT molecular complexity index is 435. The molecular weight excluding hydrogens is 238 g/mol. The second-order valence-corrected chi connectivity index (χ2v) is 6.54. The molecule has 0 radical (unpaired) electrons. The minimum atomic E-state index is 0.675. The number of aryl methyl sites for hydroxylation is 2. The molecule has 2 aliphatic rings. The van der Waals surface area contributed by atoms with Gasteiger partial charge in [-0.15, -0.1) is 0 Å². The van der Waals surface area contributed by atoms with Gasteiger partial charge >= 0.3 is 0 Å². The maximum Gasteiger partial charge on any atom is 0.138 e. The van der Waals surface area contributed by atoms with Crippen LogP contribution in [0, 0.1) is 19.8 Å². The van der Waals surface area contributed by atoms with Crippen LogP contribution in [-0.2, 0) is 6.54 Å². The molecule has 2 bridgehead atoms. The van der Waals surface area contributed by atoms with Gasteiger partial charge in [-0.05, 0) is 40.0 Å². The molecule has 0 spiro atoms. The molecule has 0 saturated carbocycles. The Labute approximate surface area is 115 Å². The van der Waals surface area contributed by atoms with Crippen LogP contribution in [0.3, 0.4) is 0 Å². The van der Waals surface area contributed by atoms with Crippen molar-refractivity contribution in [3.8, 4) is 0 Å². The highest BCUT2D eigenvalue weighted by atomic mass is 16.5. The Morgan fingerprint density at radius 2 is 2.05 bits per heavy atom. The van der Waals surface area contributed by atoms with Gasteiger partial charge in [-0.2, -0.15) is 0 Å². The van der Waals surface area contributed by atoms with Crippen LogP contribution in [0.4, 0.5) is 0 Å². The number of piperidine rings is 1. The van der Waals surface area contributed by atoms with Gasteiger partial charge in [-0.3, -0.25) is 9.80 Å². The van der Waals surface area contributed by atoms with E-state index in [2.05, 4.69) is 28.8 Å². The number of hydrogen-bond donors (Lipinski definition) is 0. The van der Waals surface area contributed by atoms with E-state index in [4.69, 9.17) is 4.52 Å². The van der Waals surface area contributed by atoms with Crippen LogP contribution in [-0.4, -0.2) is 46.7 Å². The number of rotatable bonds is 3. The fourth-order valence-corrected chi connectivity index (χ4v) is 3.80. The summed E-state index contributed by atoms with van der Waals surface area (Å²) < 4.78 is 5.28. The summed E-state index contributed by atoms with van der Waals surface area (Å²) in [4.78, 5) is 5.27. The standard InChI is InChI=1S/C15H25N3O/c1-10(2)18-7-13-5-14(18)8-17(6-13)9-15-11(3)16-19-12(15)4/h10,13-14H,5-9H2,1-4H3. The van der Waals surface area contributed by atoms with Gasteiger partial charge in [-0.1, -0.05) is 5.16 Å². The fourth-order valence-electron chi connectivity index (χ4n) is 3.80. The van der Waals surface area contributed by atoms with Crippen molar-refractivity contribution in [2.45, 2.75) is 52.7 Å². The highest BCUT2D eigenvalue weighted by molar-refractivity contribution is 5.20. The molecule has 0 aliphatic carbocycles. The van der Waals surface area contributed by atoms with Crippen molar-refractivity contribution in [2.75, 3.05) is 19.6 Å². The first-order valence-electron chi connectivity index (χ1n) is 7.44. The number of nitrogens with zero attached hydrogens (tertiary/aromatic N) is 3. The van der Waals surface area contributed by atoms with Crippen LogP contribution in [0.5, 0.6) is 0 Å². The SMILES string of the molecule is Cc1noc(C)c1CN1CC2CC(C1)N(C(C)C)C2. The topological polar surface area (TPSA) is 32.5 Å². The van der Waals surface area contributed by atoms with Crippen molar-refractivity contribution in [3.05, 3.63) is 17.0 Å². The van der Waals surface area contributed by atoms with Crippen LogP contribution < -0.4 is 0 Å². The van der Waals surface area contributed by atoms with E-state index >= 15 is 0 Å². The molecule has 0 amide bonds. The fraction of sp³-hybridized carbons (Fsp3) is 0.800. The second-order valence-electron chi connectivity index (χ2n) is 6.54. The van der Waals surface area contributed by atoms with Gasteiger partial charge in [0.15, 0.2) is 0 Å². The minimum Gasteiger partial charge on any atom is -0.361 e. The molecule has 19 heavy (non-hydrogen) atoms. The van der Waals surface area contributed by atoms with Crippen LogP contribution in [0.2, 0.25) is 0 Å². The zero-order valence-electron chi connectivity index (χ0n) is 12.5. The molecule has 106 valence electrons. The first-order chi connectivity index (χ1) is 9.04. The lowest BCUT2D eigenvalue weighted by Crippen LogP contribution is -2.43. The van der Waals surface area contributed by atoms with Crippen molar-refractivity contribution in [1.29, 1.82) is 0 Å². The average molecular weight is 263 g/mol. The van der Waals surface area contributed by atoms with Crippen molar-refractivity contribution in [3.63, 3.8) is 0 Å². The number of likely N-dealkylation sites (tertiary alicyclic amines) is 2. The van der Waals surface area contributed by atoms with Crippen LogP contribution in [0.15, 0.2) is 4.52 Å². The Hall–Kier alpha value is -0.870. The van der Waals surface area contributed by atoms with Crippen molar-refractivity contribution < 1.29 is 4.52 Å². The molecule has 2 aliphatic heterocycles. The first-order valence-corrected chi connectivity index (χ1v) is 7.44. The van der Waals surface area contributed by atoms with Gasteiger partial charge in [0, 0.05) is 43.8 Å². The molecule has 1 aromatic rings. The average Bonchev–Trinajstić information content (AvgIpc) is 2.83. The van der Waals surface area contributed by atoms with E-state index in [1.54, 1.807) is 0 Å². The molecule has 4 heteroatoms. The van der Waals surface area contributed by atoms with Gasteiger partial charge in [0.25, 0.3) is 0 Å². The molecule has 2 atom stereocenters. The van der Waals surface area contributed by atoms with Crippen LogP contribution >= 0.6 is 0 Å². The maximum absolute atomic E-state index is 5.28. The molecule has 4 nitrogen and oxygen atoms in total. The predicted molar refractivity (Wildman–Crippen MR) is 75.0 cm³/mol. The highest BCUT2D eigenvalue weighted by Crippen LogP contribution is 2.32. The lowest BCUT2D eigenvalue weighted by atomic mass is 9.99. The monoisotopic (exact) mass is 263 g/mol. The van der Waals surface area contributed by atoms with E-state index in [9.17, 15) is 0 Å². The summed E-state index contributed by atoms with van der Waals surface area (Å²) in [6, 6.07) is 1.42. The van der Waals surface area contributed by atoms with Gasteiger partial charge < -0.3 is 4.52 Å². The van der Waals surface area contributed by atoms with Gasteiger partial charge in [0.2, 0.25) is 0 Å². The van der Waals surface area contributed by atoms with Gasteiger partial charge in [0.05, 0.1) is 5.69 Å². The van der Waals surface area contributed by atoms with E-state index in [0.29, 0.717) is 6.04 Å². The lowest BCUT2D eigenvalue weighted by molar-refractivity contribution is 0.140. The van der Waals surface area contributed by atoms with Crippen molar-refractivity contribution >= 4 is 0 Å². The third-order valence-corrected chi connectivity index (χ3v) is 4.76. The first kappa shape index (κ1) is 13.1. The highest BCUT2D eigenvalue weighted by Gasteiger charge is 2.39. The summed E-state index contributed by atoms with van der Waals surface area (Å²) >= 11 is 0. The number of hydrogen-bond acceptors (Lipinski definition) is 4. The Morgan fingerprint density at radius 1 is 1.26 bits per heavy atom. The van der Waals surface area contributed by atoms with Crippen molar-refractivity contribution in [1.82, 2.24) is 15.0 Å². The second kappa shape index (κ2) is 4.91. The van der Waals surface area contributed by atoms with E-state index in [0.717, 1.165) is 30.0 Å². The minimum absolute atomic E-state index is 0.675. The Kier molecular flexibility index (Phi) is 3.39. The molecule has 3 rings (SSSR count). The third kappa shape index (κ3) is 2.43. The van der Waals surface area contributed by atoms with Gasteiger partial charge in [-0.25, -0.2) is 0 Å². The van der Waals surface area contributed by atoms with E-state index in [1.807, 2.05) is 13.8 Å². The summed E-state index contributed by atoms with van der Waals surface area (Å²) in [6.07, 6.45) is 1.39. The molecule has 1 aromatic heterocycles. The zero-order chi connectivity index (χ0) is 13.6. The zero-order valence-corrected chi connectivity index (χ0v) is 12.5. The summed E-state index contributed by atoms with van der Waals surface area (Å²) in [5.74, 6) is 1.83. The summed E-state index contributed by atoms with van der Waals surface area (Å²) in [5.41, 5.74) is 2.34. The van der Waals surface area contributed by atoms with Crippen LogP contribution in [0.25, 0.3) is 0 Å². The van der Waals surface area contributed by atoms with Crippen molar-refractivity contribution in [2.24, 2.45) is 5.92 Å². The third-order valence-electron chi connectivity index (χ3n) is 4.76. The van der Waals surface area contributed by atoms with Crippen LogP contribution in [0.1, 0.15) is 37.3 Å². The molecule has 0 N–H and O–H groups in total. The predicted octanol–water partition coefficient (Wildman–Crippen LogP) is 2.21. The summed E-state index contributed by atoms with van der Waals surface area (Å²) in [7, 11) is 0. The molecule has 2 unspecified atom stereocenters. The smallest absolute Gasteiger partial charge is 0.138 e. The van der Waals surface area contributed by atoms with E-state index in [-0.39, 0.29) is 0 Å². The summed E-state index contributed by atoms with van der Waals surface area (Å²) in [6.45, 7) is 13.4. The number of aromatic nitrogens is 1. The lowest BCUT2D eigenvalue weighted by Gasteiger charge is -2.34. The molecule has 0 aromatic carbocycles. The number of fused-ring (bicyclic) bond motifs is 2. The molecule has 2 saturated heterocycles. The normalized spacial score (nSPS) is 28.5. The quantitative estimate of drug-likeness (QED) is 0.837. The Morgan fingerprint density at radius 3 is 2.68 bits per heavy atom. The molecular formula is C15H25N3O. The molecule has 3 heterocycles. The Balaban J connectivity index is 1.69.